The molecule has 0 saturated carbocycles. The van der Waals surface area contributed by atoms with Gasteiger partial charge in [0.05, 0.1) is 11.1 Å². The number of aromatic amines is 1. The zero-order chi connectivity index (χ0) is 13.6. The third kappa shape index (κ3) is 1.77. The largest absolute Gasteiger partial charge is 0.508 e. The van der Waals surface area contributed by atoms with E-state index in [1.54, 1.807) is 0 Å². The van der Waals surface area contributed by atoms with Crippen molar-refractivity contribution in [2.75, 3.05) is 0 Å². The van der Waals surface area contributed by atoms with Crippen molar-refractivity contribution >= 4 is 11.0 Å². The Morgan fingerprint density at radius 3 is 2.58 bits per heavy atom. The molecule has 6 heteroatoms. The van der Waals surface area contributed by atoms with Crippen molar-refractivity contribution in [1.29, 1.82) is 0 Å². The first-order chi connectivity index (χ1) is 9.06. The third-order valence-corrected chi connectivity index (χ3v) is 2.78. The molecule has 0 unspecified atom stereocenters. The molecule has 1 heterocycles. The summed E-state index contributed by atoms with van der Waals surface area (Å²) in [5.41, 5.74) is 0.470. The number of aromatic hydroxyl groups is 2. The quantitative estimate of drug-likeness (QED) is 0.631. The predicted octanol–water partition coefficient (Wildman–Crippen LogP) is 2.92. The lowest BCUT2D eigenvalue weighted by molar-refractivity contribution is 0.451. The fourth-order valence-corrected chi connectivity index (χ4v) is 1.87. The molecule has 2 aromatic carbocycles. The number of phenolic OH excluding ortho intramolecular Hbond substituents is 2. The van der Waals surface area contributed by atoms with Crippen molar-refractivity contribution < 1.29 is 19.0 Å². The van der Waals surface area contributed by atoms with E-state index in [4.69, 9.17) is 0 Å². The van der Waals surface area contributed by atoms with Crippen LogP contribution in [0.1, 0.15) is 0 Å². The molecule has 96 valence electrons. The van der Waals surface area contributed by atoms with Crippen LogP contribution < -0.4 is 0 Å². The van der Waals surface area contributed by atoms with Gasteiger partial charge in [0, 0.05) is 6.07 Å². The van der Waals surface area contributed by atoms with Crippen LogP contribution >= 0.6 is 0 Å². The number of nitrogens with zero attached hydrogens (tertiary/aromatic N) is 1. The SMILES string of the molecule is Oc1ccc(-c2nc3c(F)c(F)ccc3[nH]2)c(O)c1. The second-order valence-corrected chi connectivity index (χ2v) is 4.04. The number of halogens is 2. The molecule has 0 saturated heterocycles. The van der Waals surface area contributed by atoms with Crippen molar-refractivity contribution in [3.8, 4) is 22.9 Å². The van der Waals surface area contributed by atoms with Crippen molar-refractivity contribution in [1.82, 2.24) is 9.97 Å². The maximum Gasteiger partial charge on any atom is 0.186 e. The Morgan fingerprint density at radius 2 is 1.84 bits per heavy atom. The minimum atomic E-state index is -1.04. The maximum atomic E-state index is 13.5. The standard InChI is InChI=1S/C13H8F2N2O2/c14-8-3-4-9-12(11(8)15)17-13(16-9)7-2-1-6(18)5-10(7)19/h1-5,18-19H,(H,16,17). The molecule has 1 aromatic heterocycles. The molecule has 0 fully saturated rings. The summed E-state index contributed by atoms with van der Waals surface area (Å²) in [6, 6.07) is 6.29. The van der Waals surface area contributed by atoms with E-state index in [1.165, 1.54) is 18.2 Å². The number of imidazole rings is 1. The molecule has 0 aliphatic rings. The van der Waals surface area contributed by atoms with E-state index in [9.17, 15) is 19.0 Å². The smallest absolute Gasteiger partial charge is 0.186 e. The molecule has 0 amide bonds. The molecule has 0 aliphatic carbocycles. The monoisotopic (exact) mass is 262 g/mol. The summed E-state index contributed by atoms with van der Waals surface area (Å²) in [7, 11) is 0. The maximum absolute atomic E-state index is 13.5. The van der Waals surface area contributed by atoms with Gasteiger partial charge in [-0.1, -0.05) is 0 Å². The lowest BCUT2D eigenvalue weighted by Gasteiger charge is -2.00. The molecule has 0 bridgehead atoms. The number of nitrogens with one attached hydrogen (secondary N) is 1. The number of H-pyrrole nitrogens is 1. The van der Waals surface area contributed by atoms with Gasteiger partial charge in [0.15, 0.2) is 11.6 Å². The molecule has 19 heavy (non-hydrogen) atoms. The molecule has 3 rings (SSSR count). The van der Waals surface area contributed by atoms with Gasteiger partial charge in [-0.15, -0.1) is 0 Å². The second kappa shape index (κ2) is 3.94. The molecule has 0 atom stereocenters. The van der Waals surface area contributed by atoms with Crippen LogP contribution in [0.3, 0.4) is 0 Å². The number of hydrogen-bond donors (Lipinski definition) is 3. The van der Waals surface area contributed by atoms with Crippen LogP contribution in [0.4, 0.5) is 8.78 Å². The molecule has 0 aliphatic heterocycles. The van der Waals surface area contributed by atoms with Crippen LogP contribution in [-0.2, 0) is 0 Å². The van der Waals surface area contributed by atoms with E-state index < -0.39 is 11.6 Å². The Bertz CT molecular complexity index is 784. The van der Waals surface area contributed by atoms with Gasteiger partial charge in [-0.3, -0.25) is 0 Å². The second-order valence-electron chi connectivity index (χ2n) is 4.04. The summed E-state index contributed by atoms with van der Waals surface area (Å²) in [5, 5.41) is 18.9. The molecular formula is C13H8F2N2O2. The van der Waals surface area contributed by atoms with Crippen molar-refractivity contribution in [2.45, 2.75) is 0 Å². The summed E-state index contributed by atoms with van der Waals surface area (Å²) in [6.45, 7) is 0. The minimum Gasteiger partial charge on any atom is -0.508 e. The first kappa shape index (κ1) is 11.5. The summed E-state index contributed by atoms with van der Waals surface area (Å²) < 4.78 is 26.6. The molecule has 0 radical (unpaired) electrons. The van der Waals surface area contributed by atoms with Crippen LogP contribution in [0.15, 0.2) is 30.3 Å². The zero-order valence-corrected chi connectivity index (χ0v) is 9.48. The van der Waals surface area contributed by atoms with Gasteiger partial charge >= 0.3 is 0 Å². The van der Waals surface area contributed by atoms with Crippen molar-refractivity contribution in [3.05, 3.63) is 42.0 Å². The van der Waals surface area contributed by atoms with E-state index in [-0.39, 0.29) is 28.4 Å². The molecule has 4 nitrogen and oxygen atoms in total. The zero-order valence-electron chi connectivity index (χ0n) is 9.48. The predicted molar refractivity (Wildman–Crippen MR) is 64.8 cm³/mol. The fourth-order valence-electron chi connectivity index (χ4n) is 1.87. The van der Waals surface area contributed by atoms with Crippen molar-refractivity contribution in [3.63, 3.8) is 0 Å². The number of fused-ring (bicyclic) bond motifs is 1. The van der Waals surface area contributed by atoms with Gasteiger partial charge in [-0.2, -0.15) is 0 Å². The summed E-state index contributed by atoms with van der Waals surface area (Å²) in [4.78, 5) is 6.70. The molecule has 3 N–H and O–H groups in total. The highest BCUT2D eigenvalue weighted by molar-refractivity contribution is 5.81. The molecular weight excluding hydrogens is 254 g/mol. The number of phenols is 2. The average Bonchev–Trinajstić information content (AvgIpc) is 2.78. The molecule has 3 aromatic rings. The van der Waals surface area contributed by atoms with Crippen LogP contribution in [0.5, 0.6) is 11.5 Å². The summed E-state index contributed by atoms with van der Waals surface area (Å²) >= 11 is 0. The number of benzene rings is 2. The lowest BCUT2D eigenvalue weighted by atomic mass is 10.2. The number of hydrogen-bond acceptors (Lipinski definition) is 3. The Morgan fingerprint density at radius 1 is 1.05 bits per heavy atom. The van der Waals surface area contributed by atoms with E-state index in [2.05, 4.69) is 9.97 Å². The van der Waals surface area contributed by atoms with Gasteiger partial charge in [0.25, 0.3) is 0 Å². The van der Waals surface area contributed by atoms with Gasteiger partial charge < -0.3 is 15.2 Å². The Balaban J connectivity index is 2.23. The van der Waals surface area contributed by atoms with Crippen LogP contribution in [0, 0.1) is 11.6 Å². The Labute approximate surface area is 106 Å². The van der Waals surface area contributed by atoms with Crippen LogP contribution in [0.2, 0.25) is 0 Å². The van der Waals surface area contributed by atoms with Crippen molar-refractivity contribution in [2.24, 2.45) is 0 Å². The van der Waals surface area contributed by atoms with E-state index in [1.807, 2.05) is 0 Å². The van der Waals surface area contributed by atoms with E-state index in [0.29, 0.717) is 5.52 Å². The first-order valence-electron chi connectivity index (χ1n) is 5.42. The molecule has 0 spiro atoms. The highest BCUT2D eigenvalue weighted by Crippen LogP contribution is 2.32. The van der Waals surface area contributed by atoms with Gasteiger partial charge in [0.2, 0.25) is 0 Å². The highest BCUT2D eigenvalue weighted by Gasteiger charge is 2.14. The van der Waals surface area contributed by atoms with Crippen LogP contribution in [0.25, 0.3) is 22.4 Å². The number of rotatable bonds is 1. The average molecular weight is 262 g/mol. The van der Waals surface area contributed by atoms with Crippen LogP contribution in [-0.4, -0.2) is 20.2 Å². The third-order valence-electron chi connectivity index (χ3n) is 2.78. The minimum absolute atomic E-state index is 0.102. The first-order valence-corrected chi connectivity index (χ1v) is 5.42. The summed E-state index contributed by atoms with van der Waals surface area (Å²) in [6.07, 6.45) is 0. The fraction of sp³-hybridized carbons (Fsp3) is 0. The highest BCUT2D eigenvalue weighted by atomic mass is 19.2. The normalized spacial score (nSPS) is 11.1. The lowest BCUT2D eigenvalue weighted by Crippen LogP contribution is -1.84. The van der Waals surface area contributed by atoms with E-state index >= 15 is 0 Å². The number of aromatic nitrogens is 2. The Kier molecular flexibility index (Phi) is 2.38. The van der Waals surface area contributed by atoms with Gasteiger partial charge in [-0.05, 0) is 24.3 Å². The topological polar surface area (TPSA) is 69.1 Å². The van der Waals surface area contributed by atoms with Gasteiger partial charge in [-0.25, -0.2) is 13.8 Å². The van der Waals surface area contributed by atoms with Gasteiger partial charge in [0.1, 0.15) is 22.8 Å². The summed E-state index contributed by atoms with van der Waals surface area (Å²) in [5.74, 6) is -2.15. The van der Waals surface area contributed by atoms with E-state index in [0.717, 1.165) is 12.1 Å². The Hall–Kier alpha value is -2.63.